The van der Waals surface area contributed by atoms with Gasteiger partial charge < -0.3 is 11.1 Å². The van der Waals surface area contributed by atoms with Gasteiger partial charge in [0.25, 0.3) is 5.91 Å². The van der Waals surface area contributed by atoms with E-state index in [1.54, 1.807) is 18.3 Å². The predicted octanol–water partition coefficient (Wildman–Crippen LogP) is 0.0210. The third kappa shape index (κ3) is 3.85. The number of hydrogen-bond donors (Lipinski definition) is 3. The first-order valence-electron chi connectivity index (χ1n) is 6.07. The van der Waals surface area contributed by atoms with Crippen LogP contribution in [0.1, 0.15) is 28.3 Å². The molecule has 0 saturated heterocycles. The Morgan fingerprint density at radius 1 is 1.37 bits per heavy atom. The molecule has 7 heteroatoms. The number of amides is 1. The molecule has 0 bridgehead atoms. The van der Waals surface area contributed by atoms with Crippen LogP contribution in [0.3, 0.4) is 0 Å². The molecule has 0 aliphatic heterocycles. The van der Waals surface area contributed by atoms with E-state index in [1.807, 2.05) is 0 Å². The lowest BCUT2D eigenvalue weighted by molar-refractivity contribution is 0.0948. The van der Waals surface area contributed by atoms with Crippen LogP contribution in [0.5, 0.6) is 0 Å². The quantitative estimate of drug-likeness (QED) is 0.634. The van der Waals surface area contributed by atoms with Crippen molar-refractivity contribution in [1.29, 1.82) is 0 Å². The van der Waals surface area contributed by atoms with Gasteiger partial charge in [0.15, 0.2) is 0 Å². The zero-order chi connectivity index (χ0) is 13.5. The Morgan fingerprint density at radius 3 is 2.89 bits per heavy atom. The Labute approximate surface area is 110 Å². The molecular weight excluding hydrogens is 244 g/mol. The number of nitrogens with one attached hydrogen (secondary N) is 2. The van der Waals surface area contributed by atoms with Gasteiger partial charge in [0.1, 0.15) is 17.8 Å². The Hall–Kier alpha value is -2.28. The van der Waals surface area contributed by atoms with Crippen molar-refractivity contribution in [2.24, 2.45) is 5.73 Å². The SMILES string of the molecule is NCc1ccc(C(=O)NCCCc2ncn[nH]2)nc1. The number of nitrogens with zero attached hydrogens (tertiary/aromatic N) is 3. The normalized spacial score (nSPS) is 10.4. The van der Waals surface area contributed by atoms with Crippen LogP contribution in [-0.4, -0.2) is 32.6 Å². The molecule has 2 rings (SSSR count). The molecule has 1 amide bonds. The van der Waals surface area contributed by atoms with Gasteiger partial charge in [0.05, 0.1) is 0 Å². The fraction of sp³-hybridized carbons (Fsp3) is 0.333. The highest BCUT2D eigenvalue weighted by Crippen LogP contribution is 1.99. The third-order valence-electron chi connectivity index (χ3n) is 2.63. The summed E-state index contributed by atoms with van der Waals surface area (Å²) in [6.07, 6.45) is 4.63. The Morgan fingerprint density at radius 2 is 2.26 bits per heavy atom. The van der Waals surface area contributed by atoms with E-state index < -0.39 is 0 Å². The lowest BCUT2D eigenvalue weighted by Gasteiger charge is -2.04. The Balaban J connectivity index is 1.74. The molecule has 0 radical (unpaired) electrons. The number of aromatic nitrogens is 4. The summed E-state index contributed by atoms with van der Waals surface area (Å²) >= 11 is 0. The number of carbonyl (C=O) groups excluding carboxylic acids is 1. The summed E-state index contributed by atoms with van der Waals surface area (Å²) in [6, 6.07) is 3.48. The van der Waals surface area contributed by atoms with E-state index >= 15 is 0 Å². The fourth-order valence-electron chi connectivity index (χ4n) is 1.58. The Bertz CT molecular complexity index is 508. The zero-order valence-electron chi connectivity index (χ0n) is 10.5. The van der Waals surface area contributed by atoms with Crippen molar-refractivity contribution < 1.29 is 4.79 Å². The number of H-pyrrole nitrogens is 1. The number of carbonyl (C=O) groups is 1. The van der Waals surface area contributed by atoms with Gasteiger partial charge in [-0.2, -0.15) is 5.10 Å². The second kappa shape index (κ2) is 6.60. The van der Waals surface area contributed by atoms with Gasteiger partial charge in [-0.05, 0) is 18.1 Å². The Kier molecular flexibility index (Phi) is 4.57. The third-order valence-corrected chi connectivity index (χ3v) is 2.63. The van der Waals surface area contributed by atoms with Crippen molar-refractivity contribution in [3.05, 3.63) is 41.7 Å². The fourth-order valence-corrected chi connectivity index (χ4v) is 1.58. The van der Waals surface area contributed by atoms with Crippen molar-refractivity contribution >= 4 is 5.91 Å². The molecule has 2 aromatic heterocycles. The van der Waals surface area contributed by atoms with Gasteiger partial charge in [0, 0.05) is 25.7 Å². The average molecular weight is 260 g/mol. The molecule has 4 N–H and O–H groups in total. The lowest BCUT2D eigenvalue weighted by Crippen LogP contribution is -2.25. The van der Waals surface area contributed by atoms with Crippen molar-refractivity contribution in [2.75, 3.05) is 6.54 Å². The van der Waals surface area contributed by atoms with Crippen LogP contribution in [0.2, 0.25) is 0 Å². The van der Waals surface area contributed by atoms with Gasteiger partial charge in [-0.1, -0.05) is 6.07 Å². The van der Waals surface area contributed by atoms with Gasteiger partial charge in [-0.25, -0.2) is 4.98 Å². The topological polar surface area (TPSA) is 110 Å². The molecule has 2 heterocycles. The molecule has 0 spiro atoms. The number of pyridine rings is 1. The number of hydrogen-bond acceptors (Lipinski definition) is 5. The van der Waals surface area contributed by atoms with E-state index in [1.165, 1.54) is 6.33 Å². The molecule has 0 aliphatic rings. The van der Waals surface area contributed by atoms with Gasteiger partial charge in [-0.15, -0.1) is 0 Å². The molecule has 2 aromatic rings. The number of aryl methyl sites for hydroxylation is 1. The van der Waals surface area contributed by atoms with Crippen LogP contribution in [0, 0.1) is 0 Å². The van der Waals surface area contributed by atoms with Crippen LogP contribution in [0.25, 0.3) is 0 Å². The molecule has 0 aromatic carbocycles. The molecule has 0 fully saturated rings. The number of rotatable bonds is 6. The van der Waals surface area contributed by atoms with Crippen molar-refractivity contribution in [3.8, 4) is 0 Å². The van der Waals surface area contributed by atoms with E-state index in [4.69, 9.17) is 5.73 Å². The minimum absolute atomic E-state index is 0.179. The van der Waals surface area contributed by atoms with Crippen LogP contribution in [-0.2, 0) is 13.0 Å². The second-order valence-corrected chi connectivity index (χ2v) is 4.05. The minimum atomic E-state index is -0.179. The van der Waals surface area contributed by atoms with E-state index in [9.17, 15) is 4.79 Å². The van der Waals surface area contributed by atoms with Crippen LogP contribution in [0.15, 0.2) is 24.7 Å². The first-order chi connectivity index (χ1) is 9.29. The van der Waals surface area contributed by atoms with Gasteiger partial charge >= 0.3 is 0 Å². The van der Waals surface area contributed by atoms with E-state index in [0.717, 1.165) is 24.2 Å². The van der Waals surface area contributed by atoms with Gasteiger partial charge in [0.2, 0.25) is 0 Å². The molecule has 100 valence electrons. The summed E-state index contributed by atoms with van der Waals surface area (Å²) in [5.74, 6) is 0.640. The first-order valence-corrected chi connectivity index (χ1v) is 6.07. The summed E-state index contributed by atoms with van der Waals surface area (Å²) in [4.78, 5) is 19.8. The maximum absolute atomic E-state index is 11.8. The minimum Gasteiger partial charge on any atom is -0.351 e. The summed E-state index contributed by atoms with van der Waals surface area (Å²) in [5.41, 5.74) is 6.77. The monoisotopic (exact) mass is 260 g/mol. The summed E-state index contributed by atoms with van der Waals surface area (Å²) in [6.45, 7) is 0.992. The summed E-state index contributed by atoms with van der Waals surface area (Å²) < 4.78 is 0. The maximum atomic E-state index is 11.8. The molecule has 0 unspecified atom stereocenters. The highest BCUT2D eigenvalue weighted by atomic mass is 16.1. The van der Waals surface area contributed by atoms with Crippen molar-refractivity contribution in [2.45, 2.75) is 19.4 Å². The number of nitrogens with two attached hydrogens (primary N) is 1. The van der Waals surface area contributed by atoms with Gasteiger partial charge in [-0.3, -0.25) is 14.9 Å². The smallest absolute Gasteiger partial charge is 0.269 e. The molecular formula is C12H16N6O. The molecule has 0 atom stereocenters. The average Bonchev–Trinajstić information content (AvgIpc) is 2.96. The molecule has 0 saturated carbocycles. The lowest BCUT2D eigenvalue weighted by atomic mass is 10.2. The second-order valence-electron chi connectivity index (χ2n) is 4.05. The van der Waals surface area contributed by atoms with Crippen LogP contribution >= 0.6 is 0 Å². The first kappa shape index (κ1) is 13.2. The van der Waals surface area contributed by atoms with Crippen molar-refractivity contribution in [1.82, 2.24) is 25.5 Å². The summed E-state index contributed by atoms with van der Waals surface area (Å²) in [5, 5.41) is 9.33. The van der Waals surface area contributed by atoms with E-state index in [-0.39, 0.29) is 5.91 Å². The van der Waals surface area contributed by atoms with Crippen LogP contribution in [0.4, 0.5) is 0 Å². The zero-order valence-corrected chi connectivity index (χ0v) is 10.5. The highest BCUT2D eigenvalue weighted by molar-refractivity contribution is 5.92. The van der Waals surface area contributed by atoms with Crippen LogP contribution < -0.4 is 11.1 Å². The highest BCUT2D eigenvalue weighted by Gasteiger charge is 2.06. The molecule has 19 heavy (non-hydrogen) atoms. The summed E-state index contributed by atoms with van der Waals surface area (Å²) in [7, 11) is 0. The largest absolute Gasteiger partial charge is 0.351 e. The van der Waals surface area contributed by atoms with E-state index in [2.05, 4.69) is 25.5 Å². The number of aromatic amines is 1. The standard InChI is InChI=1S/C12H16N6O/c13-6-9-3-4-10(15-7-9)12(19)14-5-1-2-11-16-8-17-18-11/h3-4,7-8H,1-2,5-6,13H2,(H,14,19)(H,16,17,18). The maximum Gasteiger partial charge on any atom is 0.269 e. The molecule has 7 nitrogen and oxygen atoms in total. The predicted molar refractivity (Wildman–Crippen MR) is 69.2 cm³/mol. The van der Waals surface area contributed by atoms with E-state index in [0.29, 0.717) is 18.8 Å². The van der Waals surface area contributed by atoms with Crippen molar-refractivity contribution in [3.63, 3.8) is 0 Å². The molecule has 0 aliphatic carbocycles.